The van der Waals surface area contributed by atoms with Crippen LogP contribution in [-0.2, 0) is 0 Å². The molecule has 0 saturated carbocycles. The number of anilines is 1. The van der Waals surface area contributed by atoms with Gasteiger partial charge in [0.25, 0.3) is 0 Å². The normalized spacial score (nSPS) is 13.1. The smallest absolute Gasteiger partial charge is 0.212 e. The fourth-order valence-electron chi connectivity index (χ4n) is 2.73. The SMILES string of the molecule is COc1cccc(-c2nnc3n2N=C(c2ccc(OC)c(N)c2)CS3)c1. The number of fused-ring (bicyclic) bond motifs is 1. The van der Waals surface area contributed by atoms with Crippen molar-refractivity contribution in [2.45, 2.75) is 5.16 Å². The summed E-state index contributed by atoms with van der Waals surface area (Å²) in [6.45, 7) is 0. The molecule has 2 N–H and O–H groups in total. The number of thioether (sulfide) groups is 1. The molecule has 1 aliphatic heterocycles. The van der Waals surface area contributed by atoms with Crippen LogP contribution in [0.3, 0.4) is 0 Å². The van der Waals surface area contributed by atoms with Crippen molar-refractivity contribution in [3.63, 3.8) is 0 Å². The van der Waals surface area contributed by atoms with E-state index in [-0.39, 0.29) is 0 Å². The van der Waals surface area contributed by atoms with E-state index >= 15 is 0 Å². The first-order valence-corrected chi connectivity index (χ1v) is 8.92. The van der Waals surface area contributed by atoms with Gasteiger partial charge in [0.05, 0.1) is 25.6 Å². The summed E-state index contributed by atoms with van der Waals surface area (Å²) in [6.07, 6.45) is 0. The molecular weight excluding hydrogens is 350 g/mol. The van der Waals surface area contributed by atoms with E-state index in [1.54, 1.807) is 30.7 Å². The van der Waals surface area contributed by atoms with Gasteiger partial charge < -0.3 is 15.2 Å². The third-order valence-corrected chi connectivity index (χ3v) is 4.99. The maximum atomic E-state index is 6.03. The molecule has 26 heavy (non-hydrogen) atoms. The number of nitrogens with zero attached hydrogens (tertiary/aromatic N) is 4. The summed E-state index contributed by atoms with van der Waals surface area (Å²) in [5.74, 6) is 2.78. The molecule has 0 unspecified atom stereocenters. The molecule has 0 saturated heterocycles. The average molecular weight is 367 g/mol. The Morgan fingerprint density at radius 1 is 1.04 bits per heavy atom. The largest absolute Gasteiger partial charge is 0.497 e. The Bertz CT molecular complexity index is 999. The topological polar surface area (TPSA) is 87.5 Å². The number of nitrogens with two attached hydrogens (primary N) is 1. The summed E-state index contributed by atoms with van der Waals surface area (Å²) in [5.41, 5.74) is 9.36. The lowest BCUT2D eigenvalue weighted by Gasteiger charge is -2.15. The molecule has 1 aliphatic rings. The summed E-state index contributed by atoms with van der Waals surface area (Å²) in [5, 5.41) is 14.1. The minimum atomic E-state index is 0.584. The van der Waals surface area contributed by atoms with E-state index in [9.17, 15) is 0 Å². The van der Waals surface area contributed by atoms with Gasteiger partial charge in [0.15, 0.2) is 5.82 Å². The lowest BCUT2D eigenvalue weighted by atomic mass is 10.1. The highest BCUT2D eigenvalue weighted by Crippen LogP contribution is 2.31. The molecule has 0 fully saturated rings. The van der Waals surface area contributed by atoms with E-state index in [1.807, 2.05) is 42.5 Å². The van der Waals surface area contributed by atoms with Crippen LogP contribution in [0.4, 0.5) is 5.69 Å². The van der Waals surface area contributed by atoms with E-state index < -0.39 is 0 Å². The Labute approximate surface area is 154 Å². The van der Waals surface area contributed by atoms with Crippen LogP contribution in [0.1, 0.15) is 5.56 Å². The second kappa shape index (κ2) is 6.72. The maximum absolute atomic E-state index is 6.03. The molecule has 0 atom stereocenters. The van der Waals surface area contributed by atoms with Crippen molar-refractivity contribution in [1.29, 1.82) is 0 Å². The zero-order valence-electron chi connectivity index (χ0n) is 14.3. The molecule has 3 aromatic rings. The average Bonchev–Trinajstić information content (AvgIpc) is 3.11. The van der Waals surface area contributed by atoms with Crippen molar-refractivity contribution in [2.24, 2.45) is 5.10 Å². The van der Waals surface area contributed by atoms with Crippen LogP contribution in [0.15, 0.2) is 52.7 Å². The van der Waals surface area contributed by atoms with Gasteiger partial charge in [0, 0.05) is 16.9 Å². The number of nitrogen functional groups attached to an aromatic ring is 1. The molecule has 4 rings (SSSR count). The summed E-state index contributed by atoms with van der Waals surface area (Å²) in [4.78, 5) is 0. The van der Waals surface area contributed by atoms with Crippen LogP contribution in [0.5, 0.6) is 11.5 Å². The number of aromatic nitrogens is 3. The first-order valence-electron chi connectivity index (χ1n) is 7.94. The number of rotatable bonds is 4. The Balaban J connectivity index is 1.76. The molecule has 2 aromatic carbocycles. The van der Waals surface area contributed by atoms with Crippen LogP contribution in [0.25, 0.3) is 11.4 Å². The highest BCUT2D eigenvalue weighted by atomic mass is 32.2. The van der Waals surface area contributed by atoms with Crippen LogP contribution >= 0.6 is 11.8 Å². The first kappa shape index (κ1) is 16.5. The molecule has 2 heterocycles. The van der Waals surface area contributed by atoms with Gasteiger partial charge in [-0.25, -0.2) is 0 Å². The van der Waals surface area contributed by atoms with E-state index in [0.717, 1.165) is 27.7 Å². The Morgan fingerprint density at radius 2 is 1.92 bits per heavy atom. The molecule has 0 amide bonds. The van der Waals surface area contributed by atoms with Crippen molar-refractivity contribution >= 4 is 23.2 Å². The van der Waals surface area contributed by atoms with E-state index in [1.165, 1.54) is 0 Å². The molecule has 0 spiro atoms. The second-order valence-corrected chi connectivity index (χ2v) is 6.58. The van der Waals surface area contributed by atoms with Crippen LogP contribution in [0, 0.1) is 0 Å². The Morgan fingerprint density at radius 3 is 2.69 bits per heavy atom. The molecule has 0 aliphatic carbocycles. The third-order valence-electron chi connectivity index (χ3n) is 4.06. The standard InChI is InChI=1S/C18H17N5O2S/c1-24-13-5-3-4-12(8-13)17-20-21-18-23(17)22-15(10-26-18)11-6-7-16(25-2)14(19)9-11/h3-9H,10,19H2,1-2H3. The third kappa shape index (κ3) is 2.88. The van der Waals surface area contributed by atoms with E-state index in [0.29, 0.717) is 23.0 Å². The molecule has 1 aromatic heterocycles. The van der Waals surface area contributed by atoms with Gasteiger partial charge in [0.2, 0.25) is 5.16 Å². The zero-order valence-corrected chi connectivity index (χ0v) is 15.2. The minimum absolute atomic E-state index is 0.584. The number of ether oxygens (including phenoxy) is 2. The van der Waals surface area contributed by atoms with Crippen molar-refractivity contribution in [1.82, 2.24) is 14.9 Å². The Kier molecular flexibility index (Phi) is 4.26. The van der Waals surface area contributed by atoms with Gasteiger partial charge in [0.1, 0.15) is 11.5 Å². The van der Waals surface area contributed by atoms with E-state index in [2.05, 4.69) is 10.2 Å². The predicted octanol–water partition coefficient (Wildman–Crippen LogP) is 2.90. The van der Waals surface area contributed by atoms with Crippen molar-refractivity contribution < 1.29 is 9.47 Å². The fraction of sp³-hybridized carbons (Fsp3) is 0.167. The van der Waals surface area contributed by atoms with Gasteiger partial charge in [-0.15, -0.1) is 10.2 Å². The number of methoxy groups -OCH3 is 2. The molecule has 7 nitrogen and oxygen atoms in total. The maximum Gasteiger partial charge on any atom is 0.212 e. The second-order valence-electron chi connectivity index (χ2n) is 5.64. The highest BCUT2D eigenvalue weighted by molar-refractivity contribution is 7.99. The van der Waals surface area contributed by atoms with Gasteiger partial charge in [-0.1, -0.05) is 23.9 Å². The monoisotopic (exact) mass is 367 g/mol. The van der Waals surface area contributed by atoms with Gasteiger partial charge in [-0.3, -0.25) is 0 Å². The van der Waals surface area contributed by atoms with Crippen molar-refractivity contribution in [3.8, 4) is 22.9 Å². The van der Waals surface area contributed by atoms with Crippen molar-refractivity contribution in [3.05, 3.63) is 48.0 Å². The molecule has 0 radical (unpaired) electrons. The molecule has 0 bridgehead atoms. The van der Waals surface area contributed by atoms with E-state index in [4.69, 9.17) is 20.3 Å². The number of hydrogen-bond donors (Lipinski definition) is 1. The van der Waals surface area contributed by atoms with Crippen LogP contribution < -0.4 is 15.2 Å². The molecule has 8 heteroatoms. The summed E-state index contributed by atoms with van der Waals surface area (Å²) in [7, 11) is 3.24. The number of benzene rings is 2. The van der Waals surface area contributed by atoms with Gasteiger partial charge in [-0.05, 0) is 30.3 Å². The summed E-state index contributed by atoms with van der Waals surface area (Å²) in [6, 6.07) is 13.4. The van der Waals surface area contributed by atoms with Gasteiger partial charge in [-0.2, -0.15) is 9.78 Å². The highest BCUT2D eigenvalue weighted by Gasteiger charge is 2.21. The summed E-state index contributed by atoms with van der Waals surface area (Å²) >= 11 is 1.59. The Hall–Kier alpha value is -3.00. The van der Waals surface area contributed by atoms with Gasteiger partial charge >= 0.3 is 0 Å². The molecular formula is C18H17N5O2S. The first-order chi connectivity index (χ1) is 12.7. The van der Waals surface area contributed by atoms with Crippen LogP contribution in [-0.4, -0.2) is 40.6 Å². The van der Waals surface area contributed by atoms with Crippen LogP contribution in [0.2, 0.25) is 0 Å². The minimum Gasteiger partial charge on any atom is -0.497 e. The lowest BCUT2D eigenvalue weighted by Crippen LogP contribution is -2.14. The quantitative estimate of drug-likeness (QED) is 0.714. The predicted molar refractivity (Wildman–Crippen MR) is 102 cm³/mol. The molecule has 132 valence electrons. The number of hydrogen-bond acceptors (Lipinski definition) is 7. The fourth-order valence-corrected chi connectivity index (χ4v) is 3.56. The van der Waals surface area contributed by atoms with Crippen molar-refractivity contribution in [2.75, 3.05) is 25.7 Å². The lowest BCUT2D eigenvalue weighted by molar-refractivity contribution is 0.415. The zero-order chi connectivity index (χ0) is 18.1. The summed E-state index contributed by atoms with van der Waals surface area (Å²) < 4.78 is 12.3.